The first-order chi connectivity index (χ1) is 5.42. The van der Waals surface area contributed by atoms with Crippen LogP contribution in [-0.2, 0) is 14.3 Å². The van der Waals surface area contributed by atoms with E-state index in [0.717, 1.165) is 0 Å². The van der Waals surface area contributed by atoms with E-state index in [1.807, 2.05) is 6.92 Å². The number of carbonyl (C=O) groups is 2. The van der Waals surface area contributed by atoms with Crippen molar-refractivity contribution in [2.45, 2.75) is 34.1 Å². The summed E-state index contributed by atoms with van der Waals surface area (Å²) in [7, 11) is 0. The molecule has 0 aromatic rings. The number of Topliss-reactive ketones (excluding diaryl/α,β-unsaturated/α-hetero) is 1. The Morgan fingerprint density at radius 1 is 1.33 bits per heavy atom. The van der Waals surface area contributed by atoms with Crippen molar-refractivity contribution in [2.24, 2.45) is 5.41 Å². The fourth-order valence-corrected chi connectivity index (χ4v) is 0.714. The van der Waals surface area contributed by atoms with Crippen molar-refractivity contribution >= 4 is 11.8 Å². The van der Waals surface area contributed by atoms with Gasteiger partial charge >= 0.3 is 5.97 Å². The van der Waals surface area contributed by atoms with Gasteiger partial charge in [-0.1, -0.05) is 6.92 Å². The largest absolute Gasteiger partial charge is 0.465 e. The predicted molar refractivity (Wildman–Crippen MR) is 45.7 cm³/mol. The molecule has 3 nitrogen and oxygen atoms in total. The van der Waals surface area contributed by atoms with Crippen LogP contribution < -0.4 is 0 Å². The standard InChI is InChI=1S/C9H16O3/c1-5-9(4,7(2)10)6-12-8(3)11/h5-6H2,1-4H3. The molecule has 0 rings (SSSR count). The molecule has 0 spiro atoms. The van der Waals surface area contributed by atoms with Gasteiger partial charge in [0.05, 0.1) is 5.41 Å². The number of rotatable bonds is 4. The first-order valence-electron chi connectivity index (χ1n) is 4.07. The van der Waals surface area contributed by atoms with E-state index in [1.165, 1.54) is 13.8 Å². The number of esters is 1. The van der Waals surface area contributed by atoms with E-state index in [4.69, 9.17) is 4.74 Å². The van der Waals surface area contributed by atoms with Gasteiger partial charge in [-0.25, -0.2) is 0 Å². The Balaban J connectivity index is 4.15. The molecule has 0 fully saturated rings. The van der Waals surface area contributed by atoms with Gasteiger partial charge in [-0.3, -0.25) is 9.59 Å². The maximum atomic E-state index is 11.1. The van der Waals surface area contributed by atoms with Crippen molar-refractivity contribution in [1.82, 2.24) is 0 Å². The molecule has 0 aliphatic rings. The highest BCUT2D eigenvalue weighted by molar-refractivity contribution is 5.82. The van der Waals surface area contributed by atoms with Gasteiger partial charge in [0.25, 0.3) is 0 Å². The molecule has 0 saturated carbocycles. The SMILES string of the molecule is CCC(C)(COC(C)=O)C(C)=O. The molecule has 0 N–H and O–H groups in total. The fraction of sp³-hybridized carbons (Fsp3) is 0.778. The van der Waals surface area contributed by atoms with E-state index in [1.54, 1.807) is 6.92 Å². The Morgan fingerprint density at radius 3 is 2.08 bits per heavy atom. The summed E-state index contributed by atoms with van der Waals surface area (Å²) in [6.45, 7) is 6.76. The average molecular weight is 172 g/mol. The minimum atomic E-state index is -0.508. The quantitative estimate of drug-likeness (QED) is 0.604. The highest BCUT2D eigenvalue weighted by atomic mass is 16.5. The first kappa shape index (κ1) is 11.1. The fourth-order valence-electron chi connectivity index (χ4n) is 0.714. The third-order valence-electron chi connectivity index (χ3n) is 2.22. The van der Waals surface area contributed by atoms with Gasteiger partial charge in [-0.15, -0.1) is 0 Å². The second kappa shape index (κ2) is 4.24. The van der Waals surface area contributed by atoms with E-state index >= 15 is 0 Å². The van der Waals surface area contributed by atoms with Crippen LogP contribution in [0.25, 0.3) is 0 Å². The second-order valence-corrected chi connectivity index (χ2v) is 3.25. The summed E-state index contributed by atoms with van der Waals surface area (Å²) in [4.78, 5) is 21.6. The molecule has 0 bridgehead atoms. The molecule has 0 aromatic heterocycles. The third kappa shape index (κ3) is 3.03. The molecule has 70 valence electrons. The van der Waals surface area contributed by atoms with Gasteiger partial charge in [0, 0.05) is 6.92 Å². The van der Waals surface area contributed by atoms with E-state index in [2.05, 4.69) is 0 Å². The lowest BCUT2D eigenvalue weighted by Gasteiger charge is -2.23. The zero-order valence-electron chi connectivity index (χ0n) is 8.14. The third-order valence-corrected chi connectivity index (χ3v) is 2.22. The van der Waals surface area contributed by atoms with Gasteiger partial charge in [0.2, 0.25) is 0 Å². The highest BCUT2D eigenvalue weighted by Crippen LogP contribution is 2.22. The van der Waals surface area contributed by atoms with Crippen molar-refractivity contribution < 1.29 is 14.3 Å². The first-order valence-corrected chi connectivity index (χ1v) is 4.07. The van der Waals surface area contributed by atoms with Gasteiger partial charge in [0.15, 0.2) is 0 Å². The van der Waals surface area contributed by atoms with Crippen LogP contribution in [0.15, 0.2) is 0 Å². The van der Waals surface area contributed by atoms with Crippen LogP contribution in [0.1, 0.15) is 34.1 Å². The van der Waals surface area contributed by atoms with Crippen LogP contribution in [0.2, 0.25) is 0 Å². The lowest BCUT2D eigenvalue weighted by Crippen LogP contribution is -2.31. The number of ether oxygens (including phenoxy) is 1. The summed E-state index contributed by atoms with van der Waals surface area (Å²) >= 11 is 0. The molecule has 3 heteroatoms. The highest BCUT2D eigenvalue weighted by Gasteiger charge is 2.28. The van der Waals surface area contributed by atoms with Crippen LogP contribution in [0.3, 0.4) is 0 Å². The smallest absolute Gasteiger partial charge is 0.302 e. The van der Waals surface area contributed by atoms with Crippen LogP contribution >= 0.6 is 0 Å². The number of hydrogen-bond acceptors (Lipinski definition) is 3. The zero-order chi connectivity index (χ0) is 9.78. The summed E-state index contributed by atoms with van der Waals surface area (Å²) in [5.41, 5.74) is -0.508. The molecule has 1 unspecified atom stereocenters. The Labute approximate surface area is 73.1 Å². The predicted octanol–water partition coefficient (Wildman–Crippen LogP) is 1.55. The zero-order valence-corrected chi connectivity index (χ0v) is 8.14. The van der Waals surface area contributed by atoms with Gasteiger partial charge in [-0.2, -0.15) is 0 Å². The summed E-state index contributed by atoms with van der Waals surface area (Å²) in [5, 5.41) is 0. The van der Waals surface area contributed by atoms with E-state index in [9.17, 15) is 9.59 Å². The number of carbonyl (C=O) groups excluding carboxylic acids is 2. The molecule has 0 aromatic carbocycles. The van der Waals surface area contributed by atoms with Crippen molar-refractivity contribution in [3.63, 3.8) is 0 Å². The second-order valence-electron chi connectivity index (χ2n) is 3.25. The lowest BCUT2D eigenvalue weighted by atomic mass is 9.85. The van der Waals surface area contributed by atoms with Gasteiger partial charge in [-0.05, 0) is 20.3 Å². The summed E-state index contributed by atoms with van der Waals surface area (Å²) < 4.78 is 4.80. The monoisotopic (exact) mass is 172 g/mol. The minimum Gasteiger partial charge on any atom is -0.465 e. The molecule has 0 aliphatic carbocycles. The maximum absolute atomic E-state index is 11.1. The molecule has 0 radical (unpaired) electrons. The number of hydrogen-bond donors (Lipinski definition) is 0. The number of ketones is 1. The summed E-state index contributed by atoms with van der Waals surface area (Å²) in [5.74, 6) is -0.276. The van der Waals surface area contributed by atoms with Gasteiger partial charge in [0.1, 0.15) is 12.4 Å². The Morgan fingerprint density at radius 2 is 1.83 bits per heavy atom. The molecular formula is C9H16O3. The van der Waals surface area contributed by atoms with Crippen LogP contribution in [0.5, 0.6) is 0 Å². The Bertz CT molecular complexity index is 186. The van der Waals surface area contributed by atoms with E-state index < -0.39 is 5.41 Å². The van der Waals surface area contributed by atoms with E-state index in [0.29, 0.717) is 6.42 Å². The lowest BCUT2D eigenvalue weighted by molar-refractivity contribution is -0.147. The molecule has 1 atom stereocenters. The molecule has 0 heterocycles. The summed E-state index contributed by atoms with van der Waals surface area (Å²) in [6, 6.07) is 0. The topological polar surface area (TPSA) is 43.4 Å². The average Bonchev–Trinajstić information content (AvgIpc) is 1.99. The van der Waals surface area contributed by atoms with Crippen LogP contribution in [0, 0.1) is 5.41 Å². The summed E-state index contributed by atoms with van der Waals surface area (Å²) in [6.07, 6.45) is 0.690. The Kier molecular flexibility index (Phi) is 3.93. The molecule has 0 aliphatic heterocycles. The van der Waals surface area contributed by atoms with Gasteiger partial charge < -0.3 is 4.74 Å². The van der Waals surface area contributed by atoms with Crippen LogP contribution in [-0.4, -0.2) is 18.4 Å². The normalized spacial score (nSPS) is 15.0. The van der Waals surface area contributed by atoms with Crippen molar-refractivity contribution in [3.05, 3.63) is 0 Å². The van der Waals surface area contributed by atoms with Crippen molar-refractivity contribution in [3.8, 4) is 0 Å². The maximum Gasteiger partial charge on any atom is 0.302 e. The molecule has 0 amide bonds. The van der Waals surface area contributed by atoms with Crippen LogP contribution in [0.4, 0.5) is 0 Å². The van der Waals surface area contributed by atoms with Crippen molar-refractivity contribution in [1.29, 1.82) is 0 Å². The molecule has 12 heavy (non-hydrogen) atoms. The molecular weight excluding hydrogens is 156 g/mol. The van der Waals surface area contributed by atoms with E-state index in [-0.39, 0.29) is 18.4 Å². The molecule has 0 saturated heterocycles. The minimum absolute atomic E-state index is 0.0613. The van der Waals surface area contributed by atoms with Crippen molar-refractivity contribution in [2.75, 3.05) is 6.61 Å². The Hall–Kier alpha value is -0.860.